The summed E-state index contributed by atoms with van der Waals surface area (Å²) in [5.74, 6) is 0.747. The second kappa shape index (κ2) is 8.25. The largest absolute Gasteiger partial charge is 0.497 e. The van der Waals surface area contributed by atoms with Crippen molar-refractivity contribution in [1.29, 1.82) is 0 Å². The van der Waals surface area contributed by atoms with Gasteiger partial charge in [-0.2, -0.15) is 0 Å². The van der Waals surface area contributed by atoms with Gasteiger partial charge < -0.3 is 15.0 Å². The van der Waals surface area contributed by atoms with E-state index in [4.69, 9.17) is 4.74 Å². The molecule has 2 aromatic rings. The van der Waals surface area contributed by atoms with Crippen LogP contribution < -0.4 is 15.0 Å². The molecule has 0 radical (unpaired) electrons. The van der Waals surface area contributed by atoms with Crippen molar-refractivity contribution < 1.29 is 14.3 Å². The molecule has 3 rings (SSSR count). The highest BCUT2D eigenvalue weighted by Crippen LogP contribution is 2.29. The lowest BCUT2D eigenvalue weighted by atomic mass is 9.89. The Morgan fingerprint density at radius 3 is 2.56 bits per heavy atom. The van der Waals surface area contributed by atoms with Crippen LogP contribution in [0, 0.1) is 5.92 Å². The van der Waals surface area contributed by atoms with E-state index in [0.717, 1.165) is 23.4 Å². The van der Waals surface area contributed by atoms with Gasteiger partial charge in [-0.3, -0.25) is 9.59 Å². The molecule has 1 heterocycles. The van der Waals surface area contributed by atoms with Crippen molar-refractivity contribution >= 4 is 17.5 Å². The maximum atomic E-state index is 13.5. The molecule has 1 atom stereocenters. The molecule has 27 heavy (non-hydrogen) atoms. The van der Waals surface area contributed by atoms with Crippen molar-refractivity contribution in [2.24, 2.45) is 5.92 Å². The molecule has 0 bridgehead atoms. The Labute approximate surface area is 160 Å². The number of anilines is 1. The van der Waals surface area contributed by atoms with Gasteiger partial charge in [0.15, 0.2) is 0 Å². The fourth-order valence-electron chi connectivity index (χ4n) is 3.33. The molecule has 0 saturated carbocycles. The maximum Gasteiger partial charge on any atom is 0.251 e. The predicted octanol–water partition coefficient (Wildman–Crippen LogP) is 3.60. The summed E-state index contributed by atoms with van der Waals surface area (Å²) in [6, 6.07) is 14.9. The third-order valence-electron chi connectivity index (χ3n) is 4.93. The van der Waals surface area contributed by atoms with E-state index in [1.54, 1.807) is 13.2 Å². The highest BCUT2D eigenvalue weighted by molar-refractivity contribution is 6.04. The fraction of sp³-hybridized carbons (Fsp3) is 0.364. The van der Waals surface area contributed by atoms with Crippen LogP contribution >= 0.6 is 0 Å². The number of rotatable bonds is 6. The van der Waals surface area contributed by atoms with Crippen LogP contribution in [-0.4, -0.2) is 32.0 Å². The van der Waals surface area contributed by atoms with Gasteiger partial charge in [-0.1, -0.05) is 32.0 Å². The fourth-order valence-corrected chi connectivity index (χ4v) is 3.33. The topological polar surface area (TPSA) is 58.6 Å². The summed E-state index contributed by atoms with van der Waals surface area (Å²) >= 11 is 0. The van der Waals surface area contributed by atoms with Gasteiger partial charge in [0.1, 0.15) is 5.75 Å². The van der Waals surface area contributed by atoms with E-state index in [1.807, 2.05) is 47.4 Å². The highest BCUT2D eigenvalue weighted by atomic mass is 16.5. The molecule has 0 aliphatic carbocycles. The Balaban J connectivity index is 1.93. The van der Waals surface area contributed by atoms with Crippen molar-refractivity contribution in [3.8, 4) is 5.75 Å². The number of hydrogen-bond acceptors (Lipinski definition) is 3. The molecule has 5 heteroatoms. The van der Waals surface area contributed by atoms with Crippen molar-refractivity contribution in [3.63, 3.8) is 0 Å². The van der Waals surface area contributed by atoms with Gasteiger partial charge in [0.25, 0.3) is 5.91 Å². The van der Waals surface area contributed by atoms with Crippen LogP contribution in [0.1, 0.15) is 42.1 Å². The first-order valence-electron chi connectivity index (χ1n) is 9.33. The lowest BCUT2D eigenvalue weighted by Crippen LogP contribution is -2.44. The van der Waals surface area contributed by atoms with E-state index in [9.17, 15) is 9.59 Å². The molecule has 2 aromatic carbocycles. The van der Waals surface area contributed by atoms with Gasteiger partial charge in [0.05, 0.1) is 13.0 Å². The molecule has 1 aliphatic rings. The third-order valence-corrected chi connectivity index (χ3v) is 4.93. The van der Waals surface area contributed by atoms with E-state index >= 15 is 0 Å². The van der Waals surface area contributed by atoms with E-state index in [2.05, 4.69) is 19.2 Å². The number of nitrogens with zero attached hydrogens (tertiary/aromatic N) is 1. The van der Waals surface area contributed by atoms with E-state index in [0.29, 0.717) is 24.6 Å². The summed E-state index contributed by atoms with van der Waals surface area (Å²) in [4.78, 5) is 27.4. The number of carbonyl (C=O) groups excluding carboxylic acids is 2. The summed E-state index contributed by atoms with van der Waals surface area (Å²) in [6.07, 6.45) is 0.901. The second-order valence-corrected chi connectivity index (χ2v) is 7.22. The van der Waals surface area contributed by atoms with Gasteiger partial charge in [0.2, 0.25) is 5.91 Å². The molecular weight excluding hydrogens is 340 g/mol. The molecule has 0 unspecified atom stereocenters. The number of hydrogen-bond donors (Lipinski definition) is 1. The highest BCUT2D eigenvalue weighted by Gasteiger charge is 2.33. The SMILES string of the molecule is COc1ccc(N(CCC(C)C)C(=O)[C@@H]2CNC(=O)c3ccccc32)cc1. The van der Waals surface area contributed by atoms with Crippen LogP contribution in [0.15, 0.2) is 48.5 Å². The molecule has 5 nitrogen and oxygen atoms in total. The number of ether oxygens (including phenoxy) is 1. The lowest BCUT2D eigenvalue weighted by molar-refractivity contribution is -0.120. The first kappa shape index (κ1) is 19.0. The smallest absolute Gasteiger partial charge is 0.251 e. The quantitative estimate of drug-likeness (QED) is 0.850. The maximum absolute atomic E-state index is 13.5. The van der Waals surface area contributed by atoms with Crippen LogP contribution in [0.3, 0.4) is 0 Å². The zero-order valence-electron chi connectivity index (χ0n) is 16.1. The number of amides is 2. The van der Waals surface area contributed by atoms with Crippen molar-refractivity contribution in [3.05, 3.63) is 59.7 Å². The Bertz CT molecular complexity index is 815. The molecule has 2 amide bonds. The molecule has 0 spiro atoms. The monoisotopic (exact) mass is 366 g/mol. The van der Waals surface area contributed by atoms with E-state index < -0.39 is 0 Å². The molecule has 1 aliphatic heterocycles. The molecule has 142 valence electrons. The van der Waals surface area contributed by atoms with Gasteiger partial charge in [-0.25, -0.2) is 0 Å². The molecule has 0 fully saturated rings. The second-order valence-electron chi connectivity index (χ2n) is 7.22. The molecule has 0 aromatic heterocycles. The Hall–Kier alpha value is -2.82. The average Bonchev–Trinajstić information content (AvgIpc) is 2.69. The van der Waals surface area contributed by atoms with Gasteiger partial charge in [-0.15, -0.1) is 0 Å². The minimum absolute atomic E-state index is 0.00765. The zero-order chi connectivity index (χ0) is 19.4. The predicted molar refractivity (Wildman–Crippen MR) is 106 cm³/mol. The zero-order valence-corrected chi connectivity index (χ0v) is 16.1. The van der Waals surface area contributed by atoms with Crippen molar-refractivity contribution in [1.82, 2.24) is 5.32 Å². The number of carbonyl (C=O) groups is 2. The lowest BCUT2D eigenvalue weighted by Gasteiger charge is -2.31. The standard InChI is InChI=1S/C22H26N2O3/c1-15(2)12-13-24(16-8-10-17(27-3)11-9-16)22(26)20-14-23-21(25)19-7-5-4-6-18(19)20/h4-11,15,20H,12-14H2,1-3H3,(H,23,25)/t20-/m1/s1. The normalized spacial score (nSPS) is 15.9. The summed E-state index contributed by atoms with van der Waals surface area (Å²) in [5, 5.41) is 2.85. The van der Waals surface area contributed by atoms with Gasteiger partial charge in [-0.05, 0) is 48.2 Å². The van der Waals surface area contributed by atoms with Crippen LogP contribution in [-0.2, 0) is 4.79 Å². The minimum atomic E-state index is -0.381. The van der Waals surface area contributed by atoms with E-state index in [1.165, 1.54) is 0 Å². The van der Waals surface area contributed by atoms with Crippen molar-refractivity contribution in [2.75, 3.05) is 25.1 Å². The molecule has 0 saturated heterocycles. The summed E-state index contributed by atoms with van der Waals surface area (Å²) in [6.45, 7) is 5.25. The Morgan fingerprint density at radius 1 is 1.19 bits per heavy atom. The van der Waals surface area contributed by atoms with Crippen LogP contribution in [0.5, 0.6) is 5.75 Å². The average molecular weight is 366 g/mol. The van der Waals surface area contributed by atoms with Crippen LogP contribution in [0.4, 0.5) is 5.69 Å². The number of methoxy groups -OCH3 is 1. The summed E-state index contributed by atoms with van der Waals surface area (Å²) in [5.41, 5.74) is 2.23. The molecular formula is C22H26N2O3. The summed E-state index contributed by atoms with van der Waals surface area (Å²) < 4.78 is 5.23. The number of fused-ring (bicyclic) bond motifs is 1. The first-order valence-corrected chi connectivity index (χ1v) is 9.33. The van der Waals surface area contributed by atoms with Gasteiger partial charge >= 0.3 is 0 Å². The van der Waals surface area contributed by atoms with Crippen LogP contribution in [0.2, 0.25) is 0 Å². The first-order chi connectivity index (χ1) is 13.0. The van der Waals surface area contributed by atoms with Crippen LogP contribution in [0.25, 0.3) is 0 Å². The van der Waals surface area contributed by atoms with Gasteiger partial charge in [0, 0.05) is 24.3 Å². The number of nitrogens with one attached hydrogen (secondary N) is 1. The van der Waals surface area contributed by atoms with Crippen molar-refractivity contribution in [2.45, 2.75) is 26.2 Å². The third kappa shape index (κ3) is 4.13. The number of benzene rings is 2. The van der Waals surface area contributed by atoms with E-state index in [-0.39, 0.29) is 17.7 Å². The molecule has 1 N–H and O–H groups in total. The summed E-state index contributed by atoms with van der Waals surface area (Å²) in [7, 11) is 1.62. The Kier molecular flexibility index (Phi) is 5.79. The minimum Gasteiger partial charge on any atom is -0.497 e. The Morgan fingerprint density at radius 2 is 1.89 bits per heavy atom.